The normalized spacial score (nSPS) is 9.62. The van der Waals surface area contributed by atoms with Crippen LogP contribution in [-0.4, -0.2) is 18.1 Å². The molecule has 0 saturated carbocycles. The number of ether oxygens (including phenoxy) is 1. The molecule has 4 nitrogen and oxygen atoms in total. The summed E-state index contributed by atoms with van der Waals surface area (Å²) in [6, 6.07) is 0. The maximum absolute atomic E-state index is 11.2. The van der Waals surface area contributed by atoms with Gasteiger partial charge in [0, 0.05) is 42.6 Å². The number of nitrogens with zero attached hydrogens (tertiary/aromatic N) is 1. The number of thiazole rings is 1. The maximum atomic E-state index is 11.2. The highest BCUT2D eigenvalue weighted by Crippen LogP contribution is 2.19. The lowest BCUT2D eigenvalue weighted by Crippen LogP contribution is -2.03. The fourth-order valence-corrected chi connectivity index (χ4v) is 1.45. The molecule has 0 aliphatic heterocycles. The molecule has 0 spiro atoms. The molecule has 92 valence electrons. The monoisotopic (exact) mass is 532 g/mol. The van der Waals surface area contributed by atoms with E-state index in [-0.39, 0.29) is 17.0 Å². The van der Waals surface area contributed by atoms with E-state index in [4.69, 9.17) is 5.73 Å². The van der Waals surface area contributed by atoms with Crippen LogP contribution in [0.5, 0.6) is 0 Å². The molecule has 0 atom stereocenters. The van der Waals surface area contributed by atoms with E-state index in [0.29, 0.717) is 16.4 Å². The highest BCUT2D eigenvalue weighted by molar-refractivity contribution is 15.0. The van der Waals surface area contributed by atoms with Gasteiger partial charge in [0.2, 0.25) is 0 Å². The molecule has 0 bridgehead atoms. The number of aromatic nitrogens is 1. The van der Waals surface area contributed by atoms with Crippen molar-refractivity contribution in [2.24, 2.45) is 0 Å². The van der Waals surface area contributed by atoms with Crippen LogP contribution in [0.15, 0.2) is 11.5 Å². The van der Waals surface area contributed by atoms with Gasteiger partial charge in [-0.2, -0.15) is 0 Å². The number of halogens is 3. The summed E-state index contributed by atoms with van der Waals surface area (Å²) in [4.78, 5) is 15.2. The van der Waals surface area contributed by atoms with Crippen LogP contribution in [0.1, 0.15) is 12.6 Å². The molecule has 0 unspecified atom stereocenters. The predicted molar refractivity (Wildman–Crippen MR) is 90.6 cm³/mol. The van der Waals surface area contributed by atoms with Gasteiger partial charge >= 0.3 is 5.97 Å². The minimum atomic E-state index is -0.396. The molecule has 1 aromatic rings. The van der Waals surface area contributed by atoms with E-state index in [2.05, 4.69) is 47.0 Å². The first-order valence-corrected chi connectivity index (χ1v) is 11.0. The summed E-state index contributed by atoms with van der Waals surface area (Å²) < 4.78 is 4.58. The lowest BCUT2D eigenvalue weighted by Gasteiger charge is -1.99. The Labute approximate surface area is 132 Å². The van der Waals surface area contributed by atoms with Gasteiger partial charge in [-0.25, -0.2) is 9.78 Å². The number of allylic oxidation sites excluding steroid dienone is 1. The van der Waals surface area contributed by atoms with Gasteiger partial charge in [-0.3, -0.25) is 0 Å². The Hall–Kier alpha value is 0.580. The molecule has 16 heavy (non-hydrogen) atoms. The summed E-state index contributed by atoms with van der Waals surface area (Å²) in [5, 5.41) is 2.17. The topological polar surface area (TPSA) is 65.2 Å². The Balaban J connectivity index is 0. The summed E-state index contributed by atoms with van der Waals surface area (Å²) in [5.41, 5.74) is 6.45. The van der Waals surface area contributed by atoms with Gasteiger partial charge in [-0.1, -0.05) is 6.08 Å². The summed E-state index contributed by atoms with van der Waals surface area (Å²) >= 11 is 5.53. The van der Waals surface area contributed by atoms with E-state index in [1.54, 1.807) is 18.4 Å². The van der Waals surface area contributed by atoms with E-state index < -0.39 is 5.97 Å². The van der Waals surface area contributed by atoms with Crippen LogP contribution in [0.3, 0.4) is 0 Å². The van der Waals surface area contributed by atoms with Crippen LogP contribution in [0.25, 0.3) is 5.57 Å². The summed E-state index contributed by atoms with van der Waals surface area (Å²) in [6.07, 6.45) is 1.65. The Bertz CT molecular complexity index is 358. The van der Waals surface area contributed by atoms with Gasteiger partial charge in [0.1, 0.15) is 0 Å². The van der Waals surface area contributed by atoms with Crippen LogP contribution < -0.4 is 5.73 Å². The molecule has 0 radical (unpaired) electrons. The molecule has 1 aromatic heterocycles. The number of esters is 1. The third kappa shape index (κ3) is 5.77. The van der Waals surface area contributed by atoms with Crippen molar-refractivity contribution >= 4 is 82.2 Å². The Morgan fingerprint density at radius 1 is 1.62 bits per heavy atom. The largest absolute Gasteiger partial charge is 0.465 e. The molecule has 0 fully saturated rings. The van der Waals surface area contributed by atoms with Crippen molar-refractivity contribution in [1.82, 2.24) is 4.98 Å². The van der Waals surface area contributed by atoms with Crippen molar-refractivity contribution < 1.29 is 9.53 Å². The Kier molecular flexibility index (Phi) is 12.7. The molecule has 0 saturated heterocycles. The molecule has 2 N–H and O–H groups in total. The van der Waals surface area contributed by atoms with Crippen LogP contribution in [0, 0.1) is 0 Å². The number of nitrogen functional groups attached to an aromatic ring is 1. The zero-order valence-electron chi connectivity index (χ0n) is 8.57. The molecule has 0 aromatic carbocycles. The molecular weight excluding hydrogens is 522 g/mol. The number of hydrogen-bond donors (Lipinski definition) is 1. The minimum Gasteiger partial charge on any atom is -0.465 e. The van der Waals surface area contributed by atoms with E-state index >= 15 is 0 Å². The molecule has 0 aliphatic carbocycles. The van der Waals surface area contributed by atoms with Gasteiger partial charge in [-0.15, -0.1) is 28.3 Å². The lowest BCUT2D eigenvalue weighted by molar-refractivity contribution is -0.133. The molecule has 1 rings (SSSR count). The second kappa shape index (κ2) is 10.7. The summed E-state index contributed by atoms with van der Waals surface area (Å²) in [6.45, 7) is 1.75. The zero-order valence-corrected chi connectivity index (χ0v) is 15.4. The predicted octanol–water partition coefficient (Wildman–Crippen LogP) is 3.65. The van der Waals surface area contributed by atoms with E-state index in [1.165, 1.54) is 18.4 Å². The fourth-order valence-electron chi connectivity index (χ4n) is 0.892. The summed E-state index contributed by atoms with van der Waals surface area (Å²) in [7, 11) is 1.33. The Morgan fingerprint density at radius 3 is 2.50 bits per heavy atom. The van der Waals surface area contributed by atoms with Crippen molar-refractivity contribution in [2.45, 2.75) is 6.92 Å². The highest BCUT2D eigenvalue weighted by Gasteiger charge is 2.13. The van der Waals surface area contributed by atoms with Crippen molar-refractivity contribution in [2.75, 3.05) is 12.8 Å². The zero-order chi connectivity index (χ0) is 11.8. The maximum Gasteiger partial charge on any atom is 0.339 e. The van der Waals surface area contributed by atoms with Gasteiger partial charge in [0.05, 0.1) is 18.4 Å². The van der Waals surface area contributed by atoms with Crippen LogP contribution in [0.2, 0.25) is 0 Å². The molecule has 8 heteroatoms. The molecule has 0 amide bonds. The minimum absolute atomic E-state index is 0. The first-order chi connectivity index (χ1) is 7.19. The number of methoxy groups -OCH3 is 1. The summed E-state index contributed by atoms with van der Waals surface area (Å²) in [5.74, 6) is -0.396. The first kappa shape index (κ1) is 18.9. The van der Waals surface area contributed by atoms with Crippen molar-refractivity contribution in [1.29, 1.82) is 0 Å². The van der Waals surface area contributed by atoms with Crippen LogP contribution in [-0.2, 0) is 9.53 Å². The lowest BCUT2D eigenvalue weighted by atomic mass is 10.2. The van der Waals surface area contributed by atoms with Crippen molar-refractivity contribution in [3.8, 4) is 0 Å². The van der Waals surface area contributed by atoms with Gasteiger partial charge in [-0.05, 0) is 6.92 Å². The smallest absolute Gasteiger partial charge is 0.339 e. The first-order valence-electron chi connectivity index (χ1n) is 3.79. The van der Waals surface area contributed by atoms with E-state index in [1.807, 2.05) is 0 Å². The average molecular weight is 533 g/mol. The number of nitrogens with two attached hydrogens (primary N) is 1. The van der Waals surface area contributed by atoms with Crippen molar-refractivity contribution in [3.63, 3.8) is 0 Å². The van der Waals surface area contributed by atoms with Gasteiger partial charge in [0.25, 0.3) is 0 Å². The number of rotatable bonds is 2. The molecule has 1 heterocycles. The Morgan fingerprint density at radius 2 is 2.19 bits per heavy atom. The highest BCUT2D eigenvalue weighted by atomic mass is 128. The number of carbonyl (C=O) groups excluding carboxylic acids is 1. The third-order valence-electron chi connectivity index (χ3n) is 1.49. The number of anilines is 1. The van der Waals surface area contributed by atoms with E-state index in [0.717, 1.165) is 0 Å². The fraction of sp³-hybridized carbons (Fsp3) is 0.250. The van der Waals surface area contributed by atoms with Gasteiger partial charge in [0.15, 0.2) is 5.13 Å². The number of hydrogen-bond acceptors (Lipinski definition) is 5. The van der Waals surface area contributed by atoms with E-state index in [9.17, 15) is 4.79 Å². The second-order valence-corrected chi connectivity index (χ2v) is 3.15. The van der Waals surface area contributed by atoms with Crippen LogP contribution >= 0.6 is 65.5 Å². The molecular formula is C8H11BrI2N2O2S. The standard InChI is InChI=1S/C8H10N2O2S.BrH.I2/c1-3-5(7(11)12-2)6-4-13-8(9)10-6;;1-2/h3-4H,1-2H3,(H2,9,10);1H;. The second-order valence-electron chi connectivity index (χ2n) is 2.26. The molecule has 0 aliphatic rings. The average Bonchev–Trinajstić information content (AvgIpc) is 2.68. The quantitative estimate of drug-likeness (QED) is 0.359. The number of carbonyl (C=O) groups is 1. The van der Waals surface area contributed by atoms with Crippen molar-refractivity contribution in [3.05, 3.63) is 17.2 Å². The SMILES string of the molecule is Br.CC=C(C(=O)OC)c1csc(N)n1.II. The van der Waals surface area contributed by atoms with Gasteiger partial charge < -0.3 is 10.5 Å². The van der Waals surface area contributed by atoms with Crippen LogP contribution in [0.4, 0.5) is 5.13 Å². The third-order valence-corrected chi connectivity index (χ3v) is 2.17.